The van der Waals surface area contributed by atoms with E-state index in [-0.39, 0.29) is 22.9 Å². The van der Waals surface area contributed by atoms with Gasteiger partial charge in [0.1, 0.15) is 34.6 Å². The second-order valence-corrected chi connectivity index (χ2v) is 20.9. The molecule has 0 radical (unpaired) electrons. The summed E-state index contributed by atoms with van der Waals surface area (Å²) >= 11 is 3.66. The first-order valence-electron chi connectivity index (χ1n) is 21.7. The van der Waals surface area contributed by atoms with Gasteiger partial charge in [0.15, 0.2) is 0 Å². The molecular formula is C49H59N3O6S4. The Kier molecular flexibility index (Phi) is 17.2. The molecule has 0 saturated heterocycles. The van der Waals surface area contributed by atoms with Crippen LogP contribution in [0.5, 0.6) is 0 Å². The Balaban J connectivity index is 1.42. The number of rotatable bonds is 23. The van der Waals surface area contributed by atoms with Crippen LogP contribution in [0.2, 0.25) is 0 Å². The summed E-state index contributed by atoms with van der Waals surface area (Å²) in [5.41, 5.74) is 2.69. The van der Waals surface area contributed by atoms with Crippen LogP contribution in [0.25, 0.3) is 33.4 Å². The smallest absolute Gasteiger partial charge is 0.240 e. The lowest BCUT2D eigenvalue weighted by Gasteiger charge is -2.24. The van der Waals surface area contributed by atoms with Crippen molar-refractivity contribution in [3.8, 4) is 22.5 Å². The topological polar surface area (TPSA) is 123 Å². The summed E-state index contributed by atoms with van der Waals surface area (Å²) in [7, 11) is -9.29. The number of unbranched alkanes of at least 4 members (excludes halogenated alkanes) is 1. The maximum atomic E-state index is 13.6. The highest BCUT2D eigenvalue weighted by molar-refractivity contribution is 7.99. The minimum absolute atomic E-state index is 0.121. The van der Waals surface area contributed by atoms with E-state index in [1.807, 2.05) is 103 Å². The van der Waals surface area contributed by atoms with Gasteiger partial charge in [-0.05, 0) is 93.0 Å². The standard InChI is InChI=1S/C49H59N3O6S4/c1-5-9-18-37(6-2)36-50-61(53,54)42-25-28-45(48(35-42)62(55,56)57)49-43-26-23-38(51(7-3)29-16-31-59-40-19-12-10-13-20-40)33-46(43)58-47-34-39(24-27-44(47)49)52(8-4)30-17-32-60-41-21-14-11-15-22-41/h10-15,19-28,33-35,37,50H,5-9,16-18,29-32,36H2,1-4H3. The van der Waals surface area contributed by atoms with E-state index in [0.29, 0.717) is 27.9 Å². The number of hydrogen-bond acceptors (Lipinski definition) is 9. The van der Waals surface area contributed by atoms with E-state index in [2.05, 4.69) is 59.2 Å². The monoisotopic (exact) mass is 913 g/mol. The first kappa shape index (κ1) is 47.4. The van der Waals surface area contributed by atoms with Gasteiger partial charge in [0.05, 0.1) is 15.9 Å². The molecule has 0 bridgehead atoms. The van der Waals surface area contributed by atoms with Crippen LogP contribution in [0, 0.1) is 5.92 Å². The molecular weight excluding hydrogens is 855 g/mol. The summed E-state index contributed by atoms with van der Waals surface area (Å²) in [4.78, 5) is 3.89. The van der Waals surface area contributed by atoms with E-state index in [0.717, 1.165) is 93.3 Å². The molecule has 1 N–H and O–H groups in total. The van der Waals surface area contributed by atoms with Gasteiger partial charge in [-0.25, -0.2) is 26.1 Å². The van der Waals surface area contributed by atoms with E-state index in [9.17, 15) is 21.4 Å². The molecule has 1 atom stereocenters. The van der Waals surface area contributed by atoms with E-state index in [4.69, 9.17) is 4.42 Å². The SMILES string of the molecule is CCCCC(CC)CNS(=O)(=O)c1ccc(-c2c3ccc(=[N+](CC)CCCSc4ccccc4)cc-3oc3cc(N(CC)CCCSc4ccccc4)ccc23)c(S(=O)(=O)[O-])c1. The average Bonchev–Trinajstić information content (AvgIpc) is 3.28. The van der Waals surface area contributed by atoms with Crippen LogP contribution in [0.15, 0.2) is 139 Å². The van der Waals surface area contributed by atoms with Gasteiger partial charge in [0.2, 0.25) is 15.4 Å². The van der Waals surface area contributed by atoms with E-state index in [1.165, 1.54) is 21.9 Å². The third kappa shape index (κ3) is 12.3. The predicted octanol–water partition coefficient (Wildman–Crippen LogP) is 10.6. The summed E-state index contributed by atoms with van der Waals surface area (Å²) in [6.07, 6.45) is 5.58. The van der Waals surface area contributed by atoms with E-state index >= 15 is 0 Å². The van der Waals surface area contributed by atoms with Crippen molar-refractivity contribution < 1.29 is 25.8 Å². The first-order valence-corrected chi connectivity index (χ1v) is 26.6. The minimum Gasteiger partial charge on any atom is -0.744 e. The Bertz CT molecular complexity index is 2650. The van der Waals surface area contributed by atoms with Crippen LogP contribution < -0.4 is 19.6 Å². The number of benzene rings is 5. The van der Waals surface area contributed by atoms with Crippen molar-refractivity contribution in [2.45, 2.75) is 85.8 Å². The molecule has 330 valence electrons. The van der Waals surface area contributed by atoms with Gasteiger partial charge in [0.25, 0.3) is 0 Å². The largest absolute Gasteiger partial charge is 0.744 e. The molecule has 0 saturated carbocycles. The highest BCUT2D eigenvalue weighted by atomic mass is 32.2. The van der Waals surface area contributed by atoms with Crippen molar-refractivity contribution in [2.24, 2.45) is 5.92 Å². The molecule has 13 heteroatoms. The van der Waals surface area contributed by atoms with Crippen LogP contribution in [0.1, 0.15) is 66.2 Å². The molecule has 0 fully saturated rings. The molecule has 0 amide bonds. The van der Waals surface area contributed by atoms with Gasteiger partial charge in [-0.3, -0.25) is 0 Å². The third-order valence-corrected chi connectivity index (χ3v) is 15.8. The van der Waals surface area contributed by atoms with Crippen molar-refractivity contribution in [3.05, 3.63) is 121 Å². The van der Waals surface area contributed by atoms with Crippen molar-refractivity contribution in [3.63, 3.8) is 0 Å². The molecule has 1 unspecified atom stereocenters. The zero-order valence-electron chi connectivity index (χ0n) is 36.2. The maximum absolute atomic E-state index is 13.6. The average molecular weight is 914 g/mol. The molecule has 4 aromatic rings. The summed E-state index contributed by atoms with van der Waals surface area (Å²) in [5.74, 6) is 2.58. The quantitative estimate of drug-likeness (QED) is 0.0220. The molecule has 1 aliphatic heterocycles. The number of fused-ring (bicyclic) bond motifs is 2. The molecule has 1 heterocycles. The fraction of sp³-hybridized carbons (Fsp3) is 0.367. The zero-order chi connectivity index (χ0) is 44.1. The molecule has 1 aliphatic carbocycles. The lowest BCUT2D eigenvalue weighted by atomic mass is 9.93. The normalized spacial score (nSPS) is 13.1. The van der Waals surface area contributed by atoms with Crippen LogP contribution >= 0.6 is 23.5 Å². The van der Waals surface area contributed by atoms with Gasteiger partial charge in [-0.2, -0.15) is 0 Å². The Hall–Kier alpha value is -4.11. The number of sulfonamides is 1. The van der Waals surface area contributed by atoms with Gasteiger partial charge >= 0.3 is 0 Å². The fourth-order valence-electron chi connectivity index (χ4n) is 7.75. The van der Waals surface area contributed by atoms with Gasteiger partial charge in [0, 0.05) is 81.5 Å². The number of anilines is 1. The molecule has 62 heavy (non-hydrogen) atoms. The molecule has 6 rings (SSSR count). The van der Waals surface area contributed by atoms with Crippen LogP contribution in [0.4, 0.5) is 5.69 Å². The summed E-state index contributed by atoms with van der Waals surface area (Å²) in [6.45, 7) is 11.7. The minimum atomic E-state index is -5.16. The fourth-order valence-corrected chi connectivity index (χ4v) is 11.4. The highest BCUT2D eigenvalue weighted by Crippen LogP contribution is 2.43. The Morgan fingerprint density at radius 3 is 2.06 bits per heavy atom. The van der Waals surface area contributed by atoms with Gasteiger partial charge < -0.3 is 13.9 Å². The Morgan fingerprint density at radius 2 is 1.44 bits per heavy atom. The maximum Gasteiger partial charge on any atom is 0.240 e. The third-order valence-electron chi connectivity index (χ3n) is 11.3. The van der Waals surface area contributed by atoms with Crippen LogP contribution in [-0.2, 0) is 20.1 Å². The van der Waals surface area contributed by atoms with Crippen molar-refractivity contribution in [2.75, 3.05) is 49.1 Å². The molecule has 2 aliphatic rings. The second-order valence-electron chi connectivity index (χ2n) is 15.4. The van der Waals surface area contributed by atoms with Gasteiger partial charge in [-0.15, -0.1) is 23.5 Å². The number of nitrogens with one attached hydrogen (secondary N) is 1. The number of thioether (sulfide) groups is 2. The van der Waals surface area contributed by atoms with E-state index < -0.39 is 25.0 Å². The van der Waals surface area contributed by atoms with E-state index in [1.54, 1.807) is 0 Å². The number of hydrogen-bond donors (Lipinski definition) is 1. The molecule has 0 aromatic heterocycles. The molecule has 4 aromatic carbocycles. The van der Waals surface area contributed by atoms with Crippen molar-refractivity contribution in [1.29, 1.82) is 0 Å². The highest BCUT2D eigenvalue weighted by Gasteiger charge is 2.26. The lowest BCUT2D eigenvalue weighted by Crippen LogP contribution is -2.31. The van der Waals surface area contributed by atoms with Crippen LogP contribution in [0.3, 0.4) is 0 Å². The second kappa shape index (κ2) is 22.5. The summed E-state index contributed by atoms with van der Waals surface area (Å²) in [5, 5.41) is 1.56. The summed E-state index contributed by atoms with van der Waals surface area (Å²) < 4.78 is 78.6. The number of nitrogens with zero attached hydrogens (tertiary/aromatic N) is 2. The Labute approximate surface area is 377 Å². The summed E-state index contributed by atoms with van der Waals surface area (Å²) in [6, 6.07) is 36.4. The molecule has 9 nitrogen and oxygen atoms in total. The van der Waals surface area contributed by atoms with Crippen molar-refractivity contribution in [1.82, 2.24) is 9.30 Å². The lowest BCUT2D eigenvalue weighted by molar-refractivity contribution is 0.443. The Morgan fingerprint density at radius 1 is 0.758 bits per heavy atom. The predicted molar refractivity (Wildman–Crippen MR) is 257 cm³/mol. The van der Waals surface area contributed by atoms with Crippen LogP contribution in [-0.4, -0.2) is 65.6 Å². The van der Waals surface area contributed by atoms with Gasteiger partial charge in [-0.1, -0.05) is 75.6 Å². The first-order chi connectivity index (χ1) is 29.9. The van der Waals surface area contributed by atoms with Crippen molar-refractivity contribution >= 4 is 60.3 Å². The molecule has 0 spiro atoms. The zero-order valence-corrected chi connectivity index (χ0v) is 39.5.